The quantitative estimate of drug-likeness (QED) is 0.885. The van der Waals surface area contributed by atoms with Crippen molar-refractivity contribution in [1.29, 1.82) is 0 Å². The van der Waals surface area contributed by atoms with E-state index in [2.05, 4.69) is 34.9 Å². The van der Waals surface area contributed by atoms with Gasteiger partial charge in [-0.3, -0.25) is 0 Å². The number of aromatic nitrogens is 1. The van der Waals surface area contributed by atoms with Crippen LogP contribution < -0.4 is 15.2 Å². The first-order valence-corrected chi connectivity index (χ1v) is 7.71. The molecular weight excluding hydrogens is 336 g/mol. The third-order valence-electron chi connectivity index (χ3n) is 3.38. The van der Waals surface area contributed by atoms with E-state index < -0.39 is 0 Å². The molecule has 0 bridgehead atoms. The zero-order chi connectivity index (χ0) is 15.0. The van der Waals surface area contributed by atoms with Crippen LogP contribution in [0, 0.1) is 0 Å². The maximum absolute atomic E-state index is 5.93. The maximum Gasteiger partial charge on any atom is 0.170 e. The predicted octanol–water partition coefficient (Wildman–Crippen LogP) is 3.97. The zero-order valence-electron chi connectivity index (χ0n) is 12.0. The van der Waals surface area contributed by atoms with E-state index in [1.165, 1.54) is 0 Å². The molecule has 0 aliphatic carbocycles. The molecule has 21 heavy (non-hydrogen) atoms. The molecule has 2 N–H and O–H groups in total. The van der Waals surface area contributed by atoms with Crippen LogP contribution in [0.25, 0.3) is 11.3 Å². The summed E-state index contributed by atoms with van der Waals surface area (Å²) in [5, 5.41) is 3.78. The number of nitrogens with zero attached hydrogens (tertiary/aromatic N) is 1. The number of ether oxygens (including phenoxy) is 2. The molecule has 0 atom stereocenters. The zero-order valence-corrected chi connectivity index (χ0v) is 13.6. The second-order valence-corrected chi connectivity index (χ2v) is 6.15. The lowest BCUT2D eigenvalue weighted by molar-refractivity contribution is 0.296. The molecule has 0 unspecified atom stereocenters. The molecule has 1 aromatic heterocycles. The van der Waals surface area contributed by atoms with Crippen LogP contribution in [-0.2, 0) is 0 Å². The number of hydrogen-bond acceptors (Lipinski definition) is 5. The predicted molar refractivity (Wildman–Crippen MR) is 83.7 cm³/mol. The van der Waals surface area contributed by atoms with Gasteiger partial charge in [0, 0.05) is 28.1 Å². The van der Waals surface area contributed by atoms with E-state index in [9.17, 15) is 0 Å². The highest BCUT2D eigenvalue weighted by molar-refractivity contribution is 9.10. The molecule has 112 valence electrons. The van der Waals surface area contributed by atoms with E-state index in [0.29, 0.717) is 24.8 Å². The summed E-state index contributed by atoms with van der Waals surface area (Å²) in [5.74, 6) is 2.77. The van der Waals surface area contributed by atoms with Gasteiger partial charge >= 0.3 is 0 Å². The SMILES string of the molecule is CC(C)c1c2c(cc(Br)c1-c1cc(N)no1)OCCCO2. The largest absolute Gasteiger partial charge is 0.490 e. The molecule has 0 amide bonds. The molecule has 1 aliphatic rings. The lowest BCUT2D eigenvalue weighted by Gasteiger charge is -2.19. The van der Waals surface area contributed by atoms with Crippen molar-refractivity contribution in [2.45, 2.75) is 26.2 Å². The third kappa shape index (κ3) is 2.60. The molecule has 5 nitrogen and oxygen atoms in total. The molecular formula is C15H17BrN2O3. The summed E-state index contributed by atoms with van der Waals surface area (Å²) in [7, 11) is 0. The van der Waals surface area contributed by atoms with Crippen LogP contribution in [0.5, 0.6) is 11.5 Å². The lowest BCUT2D eigenvalue weighted by atomic mass is 9.94. The van der Waals surface area contributed by atoms with Crippen molar-refractivity contribution in [2.75, 3.05) is 18.9 Å². The molecule has 1 aromatic carbocycles. The number of nitrogen functional groups attached to an aromatic ring is 1. The highest BCUT2D eigenvalue weighted by atomic mass is 79.9. The van der Waals surface area contributed by atoms with Gasteiger partial charge < -0.3 is 19.7 Å². The number of rotatable bonds is 2. The van der Waals surface area contributed by atoms with Gasteiger partial charge in [0.2, 0.25) is 0 Å². The number of benzene rings is 1. The standard InChI is InChI=1S/C15H17BrN2O3/c1-8(2)13-14(10-7-12(17)18-21-10)9(16)6-11-15(13)20-5-3-4-19-11/h6-8H,3-5H2,1-2H3,(H2,17,18). The first kappa shape index (κ1) is 14.3. The van der Waals surface area contributed by atoms with Gasteiger partial charge in [-0.1, -0.05) is 19.0 Å². The van der Waals surface area contributed by atoms with Crippen LogP contribution in [0.15, 0.2) is 21.1 Å². The van der Waals surface area contributed by atoms with Crippen molar-refractivity contribution in [3.63, 3.8) is 0 Å². The molecule has 0 spiro atoms. The summed E-state index contributed by atoms with van der Waals surface area (Å²) in [4.78, 5) is 0. The average molecular weight is 353 g/mol. The van der Waals surface area contributed by atoms with E-state index in [-0.39, 0.29) is 5.92 Å². The monoisotopic (exact) mass is 352 g/mol. The minimum atomic E-state index is 0.235. The van der Waals surface area contributed by atoms with Crippen molar-refractivity contribution in [1.82, 2.24) is 5.16 Å². The summed E-state index contributed by atoms with van der Waals surface area (Å²) < 4.78 is 17.9. The van der Waals surface area contributed by atoms with Gasteiger partial charge in [-0.15, -0.1) is 0 Å². The van der Waals surface area contributed by atoms with Crippen molar-refractivity contribution in [3.05, 3.63) is 22.2 Å². The Morgan fingerprint density at radius 1 is 1.24 bits per heavy atom. The Morgan fingerprint density at radius 3 is 2.67 bits per heavy atom. The van der Waals surface area contributed by atoms with Gasteiger partial charge in [0.1, 0.15) is 0 Å². The Kier molecular flexibility index (Phi) is 3.80. The molecule has 0 saturated carbocycles. The van der Waals surface area contributed by atoms with E-state index in [0.717, 1.165) is 33.5 Å². The maximum atomic E-state index is 5.93. The third-order valence-corrected chi connectivity index (χ3v) is 4.00. The molecule has 0 fully saturated rings. The average Bonchev–Trinajstić information content (AvgIpc) is 2.71. The Balaban J connectivity index is 2.26. The highest BCUT2D eigenvalue weighted by Gasteiger charge is 2.26. The molecule has 0 saturated heterocycles. The van der Waals surface area contributed by atoms with Gasteiger partial charge in [0.15, 0.2) is 23.1 Å². The Bertz CT molecular complexity index is 667. The second kappa shape index (κ2) is 5.60. The van der Waals surface area contributed by atoms with Crippen molar-refractivity contribution in [3.8, 4) is 22.8 Å². The van der Waals surface area contributed by atoms with E-state index in [1.807, 2.05) is 6.07 Å². The molecule has 2 heterocycles. The highest BCUT2D eigenvalue weighted by Crippen LogP contribution is 2.47. The van der Waals surface area contributed by atoms with Crippen molar-refractivity contribution >= 4 is 21.7 Å². The van der Waals surface area contributed by atoms with Crippen molar-refractivity contribution in [2.24, 2.45) is 0 Å². The summed E-state index contributed by atoms with van der Waals surface area (Å²) in [6.07, 6.45) is 0.869. The fourth-order valence-electron chi connectivity index (χ4n) is 2.51. The molecule has 6 heteroatoms. The van der Waals surface area contributed by atoms with E-state index in [1.54, 1.807) is 6.07 Å². The number of anilines is 1. The smallest absolute Gasteiger partial charge is 0.170 e. The number of nitrogens with two attached hydrogens (primary N) is 1. The minimum absolute atomic E-state index is 0.235. The van der Waals surface area contributed by atoms with Gasteiger partial charge in [-0.2, -0.15) is 0 Å². The van der Waals surface area contributed by atoms with Crippen LogP contribution in [0.1, 0.15) is 31.7 Å². The topological polar surface area (TPSA) is 70.5 Å². The summed E-state index contributed by atoms with van der Waals surface area (Å²) in [6.45, 7) is 5.52. The first-order chi connectivity index (χ1) is 10.1. The van der Waals surface area contributed by atoms with E-state index >= 15 is 0 Å². The summed E-state index contributed by atoms with van der Waals surface area (Å²) in [6, 6.07) is 3.64. The summed E-state index contributed by atoms with van der Waals surface area (Å²) in [5.41, 5.74) is 7.63. The van der Waals surface area contributed by atoms with Crippen LogP contribution in [-0.4, -0.2) is 18.4 Å². The normalized spacial score (nSPS) is 14.3. The molecule has 1 aliphatic heterocycles. The van der Waals surface area contributed by atoms with Crippen molar-refractivity contribution < 1.29 is 14.0 Å². The fraction of sp³-hybridized carbons (Fsp3) is 0.400. The van der Waals surface area contributed by atoms with Crippen LogP contribution in [0.2, 0.25) is 0 Å². The minimum Gasteiger partial charge on any atom is -0.490 e. The van der Waals surface area contributed by atoms with Crippen LogP contribution >= 0.6 is 15.9 Å². The van der Waals surface area contributed by atoms with Crippen LogP contribution in [0.3, 0.4) is 0 Å². The molecule has 3 rings (SSSR count). The van der Waals surface area contributed by atoms with Gasteiger partial charge in [0.05, 0.1) is 13.2 Å². The molecule has 2 aromatic rings. The number of hydrogen-bond donors (Lipinski definition) is 1. The summed E-state index contributed by atoms with van der Waals surface area (Å²) >= 11 is 3.60. The number of halogens is 1. The molecule has 0 radical (unpaired) electrons. The Hall–Kier alpha value is -1.69. The van der Waals surface area contributed by atoms with Gasteiger partial charge in [-0.25, -0.2) is 0 Å². The van der Waals surface area contributed by atoms with Crippen LogP contribution in [0.4, 0.5) is 5.82 Å². The van der Waals surface area contributed by atoms with E-state index in [4.69, 9.17) is 19.7 Å². The Labute approximate surface area is 131 Å². The first-order valence-electron chi connectivity index (χ1n) is 6.92. The lowest BCUT2D eigenvalue weighted by Crippen LogP contribution is -2.02. The second-order valence-electron chi connectivity index (χ2n) is 5.30. The Morgan fingerprint density at radius 2 is 2.00 bits per heavy atom. The van der Waals surface area contributed by atoms with Gasteiger partial charge in [-0.05, 0) is 27.9 Å². The fourth-order valence-corrected chi connectivity index (χ4v) is 3.12. The van der Waals surface area contributed by atoms with Gasteiger partial charge in [0.25, 0.3) is 0 Å². The number of fused-ring (bicyclic) bond motifs is 1.